The molecule has 0 aliphatic heterocycles. The summed E-state index contributed by atoms with van der Waals surface area (Å²) in [5.41, 5.74) is 2.73. The third kappa shape index (κ3) is 3.39. The van der Waals surface area contributed by atoms with Crippen LogP contribution in [0.25, 0.3) is 0 Å². The van der Waals surface area contributed by atoms with Crippen LogP contribution in [0.2, 0.25) is 0 Å². The van der Waals surface area contributed by atoms with Gasteiger partial charge in [-0.05, 0) is 49.8 Å². The van der Waals surface area contributed by atoms with Crippen molar-refractivity contribution in [2.75, 3.05) is 11.9 Å². The van der Waals surface area contributed by atoms with Crippen LogP contribution in [0.3, 0.4) is 0 Å². The van der Waals surface area contributed by atoms with Crippen molar-refractivity contribution < 1.29 is 14.5 Å². The monoisotopic (exact) mass is 371 g/mol. The molecule has 134 valence electrons. The summed E-state index contributed by atoms with van der Waals surface area (Å²) in [7, 11) is 0. The third-order valence-corrected chi connectivity index (χ3v) is 5.44. The molecule has 0 unspecified atom stereocenters. The van der Waals surface area contributed by atoms with Crippen molar-refractivity contribution in [3.63, 3.8) is 0 Å². The molecule has 1 aliphatic carbocycles. The number of nitro groups is 1. The zero-order valence-electron chi connectivity index (χ0n) is 14.4. The van der Waals surface area contributed by atoms with E-state index in [4.69, 9.17) is 4.74 Å². The summed E-state index contributed by atoms with van der Waals surface area (Å²) in [6.45, 7) is 3.10. The lowest BCUT2D eigenvalue weighted by molar-refractivity contribution is -0.385. The van der Waals surface area contributed by atoms with Crippen molar-refractivity contribution >= 4 is 27.9 Å². The number of ether oxygens (including phenoxy) is 1. The Morgan fingerprint density at radius 1 is 1.42 bits per heavy atom. The van der Waals surface area contributed by atoms with Crippen molar-refractivity contribution in [1.29, 1.82) is 5.26 Å². The Labute approximate surface area is 154 Å². The Balaban J connectivity index is 1.73. The molecule has 0 bridgehead atoms. The fourth-order valence-electron chi connectivity index (χ4n) is 3.17. The van der Waals surface area contributed by atoms with Crippen molar-refractivity contribution in [3.05, 3.63) is 49.4 Å². The van der Waals surface area contributed by atoms with E-state index in [1.807, 2.05) is 0 Å². The lowest BCUT2D eigenvalue weighted by Crippen LogP contribution is -2.20. The second-order valence-electron chi connectivity index (χ2n) is 6.20. The predicted molar refractivity (Wildman–Crippen MR) is 97.8 cm³/mol. The number of nitrogens with one attached hydrogen (secondary N) is 1. The Hall–Kier alpha value is -2.92. The smallest absolute Gasteiger partial charge is 0.311 e. The van der Waals surface area contributed by atoms with Gasteiger partial charge in [-0.3, -0.25) is 14.9 Å². The molecule has 1 heterocycles. The highest BCUT2D eigenvalue weighted by Gasteiger charge is 2.24. The van der Waals surface area contributed by atoms with E-state index >= 15 is 0 Å². The Morgan fingerprint density at radius 2 is 2.19 bits per heavy atom. The number of amides is 1. The first-order chi connectivity index (χ1) is 12.4. The molecule has 0 atom stereocenters. The summed E-state index contributed by atoms with van der Waals surface area (Å²) >= 11 is 1.42. The summed E-state index contributed by atoms with van der Waals surface area (Å²) in [5, 5.41) is 23.8. The number of hydrogen-bond acceptors (Lipinski definition) is 6. The van der Waals surface area contributed by atoms with Gasteiger partial charge in [0, 0.05) is 10.9 Å². The molecule has 1 aromatic carbocycles. The van der Waals surface area contributed by atoms with Gasteiger partial charge in [0.15, 0.2) is 6.61 Å². The number of hydrogen-bond donors (Lipinski definition) is 1. The number of carbonyl (C=O) groups excluding carboxylic acids is 1. The van der Waals surface area contributed by atoms with Crippen LogP contribution in [0.4, 0.5) is 10.7 Å². The molecule has 1 aliphatic rings. The number of anilines is 1. The number of thiophene rings is 1. The maximum absolute atomic E-state index is 12.2. The van der Waals surface area contributed by atoms with Gasteiger partial charge in [0.05, 0.1) is 10.5 Å². The Morgan fingerprint density at radius 3 is 2.88 bits per heavy atom. The minimum atomic E-state index is -0.523. The lowest BCUT2D eigenvalue weighted by atomic mass is 10.1. The topological polar surface area (TPSA) is 105 Å². The van der Waals surface area contributed by atoms with E-state index in [-0.39, 0.29) is 18.0 Å². The van der Waals surface area contributed by atoms with Gasteiger partial charge in [-0.2, -0.15) is 5.26 Å². The highest BCUT2D eigenvalue weighted by molar-refractivity contribution is 7.16. The fourth-order valence-corrected chi connectivity index (χ4v) is 4.42. The molecular formula is C18H17N3O4S. The van der Waals surface area contributed by atoms with Crippen molar-refractivity contribution in [2.24, 2.45) is 0 Å². The van der Waals surface area contributed by atoms with Crippen LogP contribution in [0.1, 0.15) is 33.6 Å². The van der Waals surface area contributed by atoms with Gasteiger partial charge in [-0.25, -0.2) is 0 Å². The number of carbonyl (C=O) groups is 1. The van der Waals surface area contributed by atoms with Crippen LogP contribution in [-0.2, 0) is 17.6 Å². The van der Waals surface area contributed by atoms with Crippen LogP contribution in [0.5, 0.6) is 5.75 Å². The van der Waals surface area contributed by atoms with Crippen molar-refractivity contribution in [3.8, 4) is 11.8 Å². The van der Waals surface area contributed by atoms with Gasteiger partial charge in [0.25, 0.3) is 5.91 Å². The molecule has 26 heavy (non-hydrogen) atoms. The van der Waals surface area contributed by atoms with Crippen LogP contribution < -0.4 is 10.1 Å². The molecule has 0 saturated carbocycles. The van der Waals surface area contributed by atoms with Crippen molar-refractivity contribution in [1.82, 2.24) is 0 Å². The van der Waals surface area contributed by atoms with Gasteiger partial charge in [-0.15, -0.1) is 11.3 Å². The maximum atomic E-state index is 12.2. The summed E-state index contributed by atoms with van der Waals surface area (Å²) in [6.07, 6.45) is 2.81. The second-order valence-corrected chi connectivity index (χ2v) is 7.30. The number of fused-ring (bicyclic) bond motifs is 1. The largest absolute Gasteiger partial charge is 0.477 e. The number of nitrogens with zero attached hydrogens (tertiary/aromatic N) is 2. The Bertz CT molecular complexity index is 943. The van der Waals surface area contributed by atoms with E-state index in [9.17, 15) is 20.2 Å². The first-order valence-electron chi connectivity index (χ1n) is 8.13. The van der Waals surface area contributed by atoms with Gasteiger partial charge in [0.1, 0.15) is 11.1 Å². The lowest BCUT2D eigenvalue weighted by Gasteiger charge is -2.10. The molecule has 2 aromatic rings. The average molecular weight is 371 g/mol. The molecule has 1 aromatic heterocycles. The van der Waals surface area contributed by atoms with Crippen LogP contribution in [0.15, 0.2) is 12.1 Å². The van der Waals surface area contributed by atoms with Crippen LogP contribution >= 0.6 is 11.3 Å². The number of benzene rings is 1. The van der Waals surface area contributed by atoms with E-state index in [2.05, 4.69) is 11.4 Å². The molecule has 0 radical (unpaired) electrons. The minimum absolute atomic E-state index is 0.0879. The maximum Gasteiger partial charge on any atom is 0.311 e. The van der Waals surface area contributed by atoms with E-state index < -0.39 is 10.8 Å². The van der Waals surface area contributed by atoms with E-state index in [0.717, 1.165) is 35.3 Å². The van der Waals surface area contributed by atoms with Gasteiger partial charge < -0.3 is 10.1 Å². The van der Waals surface area contributed by atoms with Crippen LogP contribution in [0, 0.1) is 35.3 Å². The summed E-state index contributed by atoms with van der Waals surface area (Å²) in [5.74, 6) is -0.361. The number of rotatable bonds is 5. The van der Waals surface area contributed by atoms with E-state index in [1.54, 1.807) is 19.9 Å². The average Bonchev–Trinajstić information content (AvgIpc) is 3.13. The fraction of sp³-hybridized carbons (Fsp3) is 0.333. The van der Waals surface area contributed by atoms with Gasteiger partial charge in [0.2, 0.25) is 5.75 Å². The molecule has 1 amide bonds. The standard InChI is InChI=1S/C18H17N3O4S/c1-10-6-11(2)17(14(7-10)21(23)24)25-9-16(22)20-18-13(8-19)12-4-3-5-15(12)26-18/h6-7H,3-5,9H2,1-2H3,(H,20,22). The molecular weight excluding hydrogens is 354 g/mol. The van der Waals surface area contributed by atoms with Crippen LogP contribution in [-0.4, -0.2) is 17.4 Å². The van der Waals surface area contributed by atoms with Crippen molar-refractivity contribution in [2.45, 2.75) is 33.1 Å². The highest BCUT2D eigenvalue weighted by atomic mass is 32.1. The zero-order valence-corrected chi connectivity index (χ0v) is 15.2. The highest BCUT2D eigenvalue weighted by Crippen LogP contribution is 2.38. The normalized spacial score (nSPS) is 12.3. The summed E-state index contributed by atoms with van der Waals surface area (Å²) in [4.78, 5) is 24.1. The minimum Gasteiger partial charge on any atom is -0.477 e. The molecule has 0 saturated heterocycles. The first-order valence-corrected chi connectivity index (χ1v) is 8.95. The van der Waals surface area contributed by atoms with Gasteiger partial charge in [-0.1, -0.05) is 6.07 Å². The Kier molecular flexibility index (Phi) is 4.91. The molecule has 8 heteroatoms. The quantitative estimate of drug-likeness (QED) is 0.638. The molecule has 7 nitrogen and oxygen atoms in total. The molecule has 3 rings (SSSR count). The third-order valence-electron chi connectivity index (χ3n) is 4.23. The number of nitriles is 1. The molecule has 0 fully saturated rings. The molecule has 1 N–H and O–H groups in total. The second kappa shape index (κ2) is 7.14. The first kappa shape index (κ1) is 17.9. The van der Waals surface area contributed by atoms with E-state index in [1.165, 1.54) is 17.4 Å². The molecule has 0 spiro atoms. The zero-order chi connectivity index (χ0) is 18.8. The predicted octanol–water partition coefficient (Wildman–Crippen LogP) is 3.65. The van der Waals surface area contributed by atoms with Gasteiger partial charge >= 0.3 is 5.69 Å². The van der Waals surface area contributed by atoms with E-state index in [0.29, 0.717) is 16.1 Å². The number of nitro benzene ring substituents is 1. The SMILES string of the molecule is Cc1cc(C)c(OCC(=O)Nc2sc3c(c2C#N)CCC3)c([N+](=O)[O-])c1. The summed E-state index contributed by atoms with van der Waals surface area (Å²) < 4.78 is 5.44. The number of aryl methyl sites for hydroxylation is 3. The summed E-state index contributed by atoms with van der Waals surface area (Å²) in [6, 6.07) is 5.34.